The molecule has 0 radical (unpaired) electrons. The second-order valence-electron chi connectivity index (χ2n) is 8.65. The summed E-state index contributed by atoms with van der Waals surface area (Å²) >= 11 is 8.28. The van der Waals surface area contributed by atoms with Gasteiger partial charge in [0.15, 0.2) is 5.82 Å². The molecule has 36 heavy (non-hydrogen) atoms. The summed E-state index contributed by atoms with van der Waals surface area (Å²) < 4.78 is 2.08. The van der Waals surface area contributed by atoms with Crippen LogP contribution in [0.3, 0.4) is 0 Å². The van der Waals surface area contributed by atoms with Crippen LogP contribution >= 0.6 is 22.9 Å². The van der Waals surface area contributed by atoms with Gasteiger partial charge in [-0.2, -0.15) is 0 Å². The molecule has 2 aromatic carbocycles. The Balaban J connectivity index is 1.39. The lowest BCUT2D eigenvalue weighted by Crippen LogP contribution is -2.38. The van der Waals surface area contributed by atoms with Gasteiger partial charge < -0.3 is 10.2 Å². The number of amides is 2. The highest BCUT2D eigenvalue weighted by Gasteiger charge is 2.33. The lowest BCUT2D eigenvalue weighted by atomic mass is 9.95. The molecule has 2 aliphatic heterocycles. The number of fused-ring (bicyclic) bond motifs is 5. The Morgan fingerprint density at radius 1 is 1.19 bits per heavy atom. The highest BCUT2D eigenvalue weighted by atomic mass is 35.5. The third kappa shape index (κ3) is 3.77. The average Bonchev–Trinajstić information content (AvgIpc) is 3.39. The first kappa shape index (κ1) is 22.5. The minimum absolute atomic E-state index is 0.153. The number of thiophene rings is 1. The molecule has 4 aromatic rings. The summed E-state index contributed by atoms with van der Waals surface area (Å²) in [5.74, 6) is 4.20. The molecule has 2 aliphatic rings. The first-order chi connectivity index (χ1) is 17.5. The summed E-state index contributed by atoms with van der Waals surface area (Å²) in [7, 11) is 0. The van der Waals surface area contributed by atoms with Crippen molar-refractivity contribution in [1.29, 1.82) is 0 Å². The molecule has 0 saturated carbocycles. The van der Waals surface area contributed by atoms with Crippen LogP contribution in [0.5, 0.6) is 0 Å². The summed E-state index contributed by atoms with van der Waals surface area (Å²) in [4.78, 5) is 21.0. The molecule has 9 heteroatoms. The molecule has 2 amide bonds. The van der Waals surface area contributed by atoms with Gasteiger partial charge in [0.1, 0.15) is 17.4 Å². The zero-order valence-corrected chi connectivity index (χ0v) is 21.0. The zero-order chi connectivity index (χ0) is 24.8. The van der Waals surface area contributed by atoms with Gasteiger partial charge in [-0.3, -0.25) is 9.56 Å². The van der Waals surface area contributed by atoms with Crippen molar-refractivity contribution in [3.05, 3.63) is 92.3 Å². The van der Waals surface area contributed by atoms with Crippen molar-refractivity contribution in [1.82, 2.24) is 19.7 Å². The van der Waals surface area contributed by atoms with Crippen LogP contribution in [0.25, 0.3) is 5.00 Å². The van der Waals surface area contributed by atoms with Crippen LogP contribution in [0.4, 0.5) is 10.5 Å². The van der Waals surface area contributed by atoms with Crippen molar-refractivity contribution in [3.63, 3.8) is 0 Å². The quantitative estimate of drug-likeness (QED) is 0.374. The summed E-state index contributed by atoms with van der Waals surface area (Å²) in [5.41, 5.74) is 5.43. The number of urea groups is 1. The topological polar surface area (TPSA) is 75.4 Å². The van der Waals surface area contributed by atoms with Crippen molar-refractivity contribution >= 4 is 40.4 Å². The minimum Gasteiger partial charge on any atom is -0.319 e. The number of carbonyl (C=O) groups is 1. The van der Waals surface area contributed by atoms with Gasteiger partial charge in [0, 0.05) is 38.8 Å². The fourth-order valence-corrected chi connectivity index (χ4v) is 6.39. The van der Waals surface area contributed by atoms with E-state index < -0.39 is 0 Å². The number of benzene rings is 2. The van der Waals surface area contributed by atoms with Gasteiger partial charge in [-0.15, -0.1) is 28.0 Å². The first-order valence-corrected chi connectivity index (χ1v) is 12.7. The van der Waals surface area contributed by atoms with E-state index in [1.807, 2.05) is 54.3 Å². The number of terminal acetylenes is 1. The van der Waals surface area contributed by atoms with Gasteiger partial charge in [-0.05, 0) is 43.2 Å². The van der Waals surface area contributed by atoms with E-state index in [1.165, 1.54) is 5.56 Å². The molecule has 0 atom stereocenters. The number of anilines is 1. The lowest BCUT2D eigenvalue weighted by Gasteiger charge is -2.27. The fraction of sp³-hybridized carbons (Fsp3) is 0.185. The van der Waals surface area contributed by atoms with Crippen molar-refractivity contribution in [2.75, 3.05) is 11.9 Å². The monoisotopic (exact) mass is 512 g/mol. The molecule has 2 aromatic heterocycles. The average molecular weight is 513 g/mol. The van der Waals surface area contributed by atoms with E-state index in [1.54, 1.807) is 17.4 Å². The number of carbonyl (C=O) groups excluding carboxylic acids is 1. The maximum absolute atomic E-state index is 13.1. The van der Waals surface area contributed by atoms with Crippen LogP contribution in [0.1, 0.15) is 38.8 Å². The van der Waals surface area contributed by atoms with Gasteiger partial charge >= 0.3 is 6.03 Å². The number of rotatable bonds is 2. The second-order valence-corrected chi connectivity index (χ2v) is 10.1. The maximum atomic E-state index is 13.1. The highest BCUT2D eigenvalue weighted by Crippen LogP contribution is 2.40. The van der Waals surface area contributed by atoms with Gasteiger partial charge in [-0.1, -0.05) is 41.8 Å². The standard InChI is InChI=1S/C27H21ClN6OS/c1-3-17-7-6-8-18(13-17)30-27(35)33-12-11-20-22(15-33)36-26-24(20)25(19-9-4-5-10-21(19)28)29-14-23-32-31-16(2)34(23)26/h1,4-10,13H,11-12,14-15H2,2H3,(H,30,35). The molecule has 0 aliphatic carbocycles. The number of nitrogens with one attached hydrogen (secondary N) is 1. The summed E-state index contributed by atoms with van der Waals surface area (Å²) in [5, 5.41) is 13.3. The molecule has 178 valence electrons. The Morgan fingerprint density at radius 2 is 2.06 bits per heavy atom. The van der Waals surface area contributed by atoms with Crippen LogP contribution in [0, 0.1) is 19.3 Å². The molecule has 0 saturated heterocycles. The van der Waals surface area contributed by atoms with Gasteiger partial charge in [0.05, 0.1) is 12.3 Å². The summed E-state index contributed by atoms with van der Waals surface area (Å²) in [6.07, 6.45) is 6.21. The third-order valence-corrected chi connectivity index (χ3v) is 7.98. The SMILES string of the molecule is C#Cc1cccc(NC(=O)N2CCc3c(sc4c3C(c3ccccc3Cl)=NCc3nnc(C)n3-4)C2)c1. The Kier molecular flexibility index (Phi) is 5.59. The van der Waals surface area contributed by atoms with Crippen molar-refractivity contribution < 1.29 is 4.79 Å². The maximum Gasteiger partial charge on any atom is 0.322 e. The smallest absolute Gasteiger partial charge is 0.319 e. The fourth-order valence-electron chi connectivity index (χ4n) is 4.73. The predicted octanol–water partition coefficient (Wildman–Crippen LogP) is 5.21. The molecular weight excluding hydrogens is 492 g/mol. The van der Waals surface area contributed by atoms with Crippen LogP contribution in [-0.4, -0.2) is 38.0 Å². The van der Waals surface area contributed by atoms with E-state index in [9.17, 15) is 4.79 Å². The lowest BCUT2D eigenvalue weighted by molar-refractivity contribution is 0.207. The van der Waals surface area contributed by atoms with Crippen molar-refractivity contribution in [2.45, 2.75) is 26.4 Å². The molecule has 6 rings (SSSR count). The third-order valence-electron chi connectivity index (χ3n) is 6.45. The van der Waals surface area contributed by atoms with Crippen LogP contribution in [0.2, 0.25) is 5.02 Å². The number of aromatic nitrogens is 3. The second kappa shape index (κ2) is 8.94. The van der Waals surface area contributed by atoms with E-state index in [4.69, 9.17) is 23.0 Å². The molecule has 0 unspecified atom stereocenters. The van der Waals surface area contributed by atoms with Crippen LogP contribution < -0.4 is 5.32 Å². The van der Waals surface area contributed by atoms with Crippen LogP contribution in [0.15, 0.2) is 53.5 Å². The van der Waals surface area contributed by atoms with Crippen LogP contribution in [-0.2, 0) is 19.5 Å². The molecule has 0 bridgehead atoms. The van der Waals surface area contributed by atoms with Crippen molar-refractivity contribution in [3.8, 4) is 17.3 Å². The van der Waals surface area contributed by atoms with Gasteiger partial charge in [0.2, 0.25) is 0 Å². The number of hydrogen-bond acceptors (Lipinski definition) is 5. The predicted molar refractivity (Wildman–Crippen MR) is 142 cm³/mol. The largest absolute Gasteiger partial charge is 0.322 e. The van der Waals surface area contributed by atoms with E-state index in [0.29, 0.717) is 36.8 Å². The molecule has 0 fully saturated rings. The molecule has 0 spiro atoms. The molecule has 1 N–H and O–H groups in total. The van der Waals surface area contributed by atoms with E-state index in [0.717, 1.165) is 43.9 Å². The number of aryl methyl sites for hydroxylation is 1. The Hall–Kier alpha value is -3.93. The summed E-state index contributed by atoms with van der Waals surface area (Å²) in [6, 6.07) is 14.9. The first-order valence-electron chi connectivity index (χ1n) is 11.5. The number of aliphatic imine (C=N–C) groups is 1. The number of halogens is 1. The Labute approximate surface area is 217 Å². The van der Waals surface area contributed by atoms with E-state index in [-0.39, 0.29) is 6.03 Å². The molecule has 4 heterocycles. The Bertz CT molecular complexity index is 1590. The highest BCUT2D eigenvalue weighted by molar-refractivity contribution is 7.15. The Morgan fingerprint density at radius 3 is 2.89 bits per heavy atom. The number of hydrogen-bond donors (Lipinski definition) is 1. The number of nitrogens with zero attached hydrogens (tertiary/aromatic N) is 5. The van der Waals surface area contributed by atoms with E-state index in [2.05, 4.69) is 26.0 Å². The molecular formula is C27H21ClN6OS. The van der Waals surface area contributed by atoms with E-state index >= 15 is 0 Å². The normalized spacial score (nSPS) is 14.1. The van der Waals surface area contributed by atoms with Gasteiger partial charge in [-0.25, -0.2) is 4.79 Å². The van der Waals surface area contributed by atoms with Gasteiger partial charge in [0.25, 0.3) is 0 Å². The molecule has 7 nitrogen and oxygen atoms in total. The minimum atomic E-state index is -0.153. The van der Waals surface area contributed by atoms with Crippen molar-refractivity contribution in [2.24, 2.45) is 4.99 Å². The zero-order valence-electron chi connectivity index (χ0n) is 19.5. The summed E-state index contributed by atoms with van der Waals surface area (Å²) in [6.45, 7) is 3.45.